The van der Waals surface area contributed by atoms with E-state index in [1.54, 1.807) is 0 Å². The number of aromatic nitrogens is 1. The molecule has 0 spiro atoms. The molecule has 2 aromatic carbocycles. The summed E-state index contributed by atoms with van der Waals surface area (Å²) < 4.78 is 2.25. The molecule has 3 aromatic rings. The van der Waals surface area contributed by atoms with Crippen LogP contribution < -0.4 is 5.73 Å². The highest BCUT2D eigenvalue weighted by Crippen LogP contribution is 2.29. The first-order valence-electron chi connectivity index (χ1n) is 6.69. The Morgan fingerprint density at radius 3 is 2.70 bits per heavy atom. The summed E-state index contributed by atoms with van der Waals surface area (Å²) in [6.07, 6.45) is 2.13. The fourth-order valence-corrected chi connectivity index (χ4v) is 2.72. The molecular formula is C17H16N2S. The Morgan fingerprint density at radius 1 is 1.15 bits per heavy atom. The zero-order valence-corrected chi connectivity index (χ0v) is 12.2. The van der Waals surface area contributed by atoms with Crippen LogP contribution >= 0.6 is 12.2 Å². The van der Waals surface area contributed by atoms with E-state index < -0.39 is 0 Å². The standard InChI is InChI=1S/C17H16N2S/c1-2-19-10-9-15-14(7-4-8-16(15)19)12-5-3-6-13(11-12)17(18)20/h3-11H,2H2,1H3,(H2,18,20). The van der Waals surface area contributed by atoms with Crippen LogP contribution in [-0.2, 0) is 6.54 Å². The number of nitrogens with two attached hydrogens (primary N) is 1. The van der Waals surface area contributed by atoms with Crippen LogP contribution in [0.25, 0.3) is 22.0 Å². The number of hydrogen-bond acceptors (Lipinski definition) is 1. The summed E-state index contributed by atoms with van der Waals surface area (Å²) in [6, 6.07) is 16.7. The minimum atomic E-state index is 0.435. The van der Waals surface area contributed by atoms with Gasteiger partial charge in [0.1, 0.15) is 4.99 Å². The Balaban J connectivity index is 2.22. The van der Waals surface area contributed by atoms with Gasteiger partial charge in [0.05, 0.1) is 0 Å². The van der Waals surface area contributed by atoms with Crippen LogP contribution in [0.2, 0.25) is 0 Å². The summed E-state index contributed by atoms with van der Waals surface area (Å²) in [5.74, 6) is 0. The first-order valence-corrected chi connectivity index (χ1v) is 7.09. The molecule has 20 heavy (non-hydrogen) atoms. The average Bonchev–Trinajstić information content (AvgIpc) is 2.90. The molecule has 0 fully saturated rings. The van der Waals surface area contributed by atoms with Crippen molar-refractivity contribution in [2.24, 2.45) is 5.73 Å². The topological polar surface area (TPSA) is 30.9 Å². The van der Waals surface area contributed by atoms with Gasteiger partial charge in [-0.05, 0) is 36.2 Å². The average molecular weight is 280 g/mol. The zero-order valence-electron chi connectivity index (χ0n) is 11.3. The second-order valence-corrected chi connectivity index (χ2v) is 5.23. The van der Waals surface area contributed by atoms with E-state index in [0.717, 1.165) is 17.7 Å². The number of nitrogens with zero attached hydrogens (tertiary/aromatic N) is 1. The Morgan fingerprint density at radius 2 is 1.95 bits per heavy atom. The van der Waals surface area contributed by atoms with Gasteiger partial charge in [-0.1, -0.05) is 42.5 Å². The molecule has 0 saturated heterocycles. The lowest BCUT2D eigenvalue weighted by Crippen LogP contribution is -2.08. The molecule has 0 bridgehead atoms. The van der Waals surface area contributed by atoms with Gasteiger partial charge in [0.2, 0.25) is 0 Å². The molecule has 1 heterocycles. The van der Waals surface area contributed by atoms with E-state index in [1.807, 2.05) is 12.1 Å². The number of thiocarbonyl (C=S) groups is 1. The van der Waals surface area contributed by atoms with Gasteiger partial charge in [0.15, 0.2) is 0 Å². The van der Waals surface area contributed by atoms with Gasteiger partial charge >= 0.3 is 0 Å². The molecule has 2 nitrogen and oxygen atoms in total. The molecule has 100 valence electrons. The third kappa shape index (κ3) is 2.10. The minimum absolute atomic E-state index is 0.435. The molecule has 0 unspecified atom stereocenters. The van der Waals surface area contributed by atoms with Crippen molar-refractivity contribution in [2.45, 2.75) is 13.5 Å². The van der Waals surface area contributed by atoms with Crippen molar-refractivity contribution in [3.8, 4) is 11.1 Å². The van der Waals surface area contributed by atoms with E-state index in [-0.39, 0.29) is 0 Å². The van der Waals surface area contributed by atoms with Crippen LogP contribution in [0.1, 0.15) is 12.5 Å². The third-order valence-electron chi connectivity index (χ3n) is 3.61. The number of aryl methyl sites for hydroxylation is 1. The summed E-state index contributed by atoms with van der Waals surface area (Å²) in [7, 11) is 0. The molecule has 3 heteroatoms. The van der Waals surface area contributed by atoms with Crippen LogP contribution in [0.15, 0.2) is 54.7 Å². The highest BCUT2D eigenvalue weighted by Gasteiger charge is 2.07. The summed E-state index contributed by atoms with van der Waals surface area (Å²) >= 11 is 5.06. The summed E-state index contributed by atoms with van der Waals surface area (Å²) in [6.45, 7) is 3.12. The molecular weight excluding hydrogens is 264 g/mol. The van der Waals surface area contributed by atoms with Crippen LogP contribution in [0.4, 0.5) is 0 Å². The fourth-order valence-electron chi connectivity index (χ4n) is 2.59. The second kappa shape index (κ2) is 5.10. The normalized spacial score (nSPS) is 10.8. The quantitative estimate of drug-likeness (QED) is 0.736. The van der Waals surface area contributed by atoms with Crippen LogP contribution in [-0.4, -0.2) is 9.56 Å². The van der Waals surface area contributed by atoms with Gasteiger partial charge in [-0.2, -0.15) is 0 Å². The number of hydrogen-bond donors (Lipinski definition) is 1. The summed E-state index contributed by atoms with van der Waals surface area (Å²) in [5.41, 5.74) is 10.3. The Labute approximate surface area is 123 Å². The van der Waals surface area contributed by atoms with Crippen LogP contribution in [0, 0.1) is 0 Å². The number of rotatable bonds is 3. The third-order valence-corrected chi connectivity index (χ3v) is 3.85. The maximum absolute atomic E-state index is 5.73. The van der Waals surface area contributed by atoms with E-state index >= 15 is 0 Å². The smallest absolute Gasteiger partial charge is 0.104 e. The Bertz CT molecular complexity index is 787. The SMILES string of the molecule is CCn1ccc2c(-c3cccc(C(N)=S)c3)cccc21. The fraction of sp³-hybridized carbons (Fsp3) is 0.118. The maximum atomic E-state index is 5.73. The van der Waals surface area contributed by atoms with Gasteiger partial charge in [-0.3, -0.25) is 0 Å². The highest BCUT2D eigenvalue weighted by atomic mass is 32.1. The van der Waals surface area contributed by atoms with Crippen molar-refractivity contribution in [3.05, 3.63) is 60.3 Å². The van der Waals surface area contributed by atoms with Gasteiger partial charge in [0.25, 0.3) is 0 Å². The van der Waals surface area contributed by atoms with Crippen molar-refractivity contribution < 1.29 is 0 Å². The molecule has 1 aromatic heterocycles. The minimum Gasteiger partial charge on any atom is -0.389 e. The molecule has 0 aliphatic rings. The molecule has 0 aliphatic heterocycles. The van der Waals surface area contributed by atoms with Gasteiger partial charge in [-0.15, -0.1) is 0 Å². The molecule has 2 N–H and O–H groups in total. The Kier molecular flexibility index (Phi) is 3.28. The number of benzene rings is 2. The lowest BCUT2D eigenvalue weighted by molar-refractivity contribution is 0.798. The summed E-state index contributed by atoms with van der Waals surface area (Å²) in [4.78, 5) is 0.435. The van der Waals surface area contributed by atoms with Gasteiger partial charge < -0.3 is 10.3 Å². The predicted octanol–water partition coefficient (Wildman–Crippen LogP) is 3.96. The van der Waals surface area contributed by atoms with Crippen molar-refractivity contribution in [3.63, 3.8) is 0 Å². The number of fused-ring (bicyclic) bond motifs is 1. The first kappa shape index (κ1) is 12.9. The van der Waals surface area contributed by atoms with E-state index in [0.29, 0.717) is 4.99 Å². The van der Waals surface area contributed by atoms with Crippen LogP contribution in [0.5, 0.6) is 0 Å². The second-order valence-electron chi connectivity index (χ2n) is 4.79. The largest absolute Gasteiger partial charge is 0.389 e. The molecule has 0 atom stereocenters. The molecule has 0 radical (unpaired) electrons. The molecule has 0 amide bonds. The van der Waals surface area contributed by atoms with Gasteiger partial charge in [-0.25, -0.2) is 0 Å². The van der Waals surface area contributed by atoms with Crippen LogP contribution in [0.3, 0.4) is 0 Å². The van der Waals surface area contributed by atoms with Crippen molar-refractivity contribution in [2.75, 3.05) is 0 Å². The monoisotopic (exact) mass is 280 g/mol. The highest BCUT2D eigenvalue weighted by molar-refractivity contribution is 7.80. The lowest BCUT2D eigenvalue weighted by Gasteiger charge is -2.07. The van der Waals surface area contributed by atoms with E-state index in [9.17, 15) is 0 Å². The molecule has 0 saturated carbocycles. The van der Waals surface area contributed by atoms with E-state index in [4.69, 9.17) is 18.0 Å². The van der Waals surface area contributed by atoms with Gasteiger partial charge in [0, 0.05) is 29.2 Å². The van der Waals surface area contributed by atoms with Crippen molar-refractivity contribution in [1.82, 2.24) is 4.57 Å². The van der Waals surface area contributed by atoms with E-state index in [1.165, 1.54) is 16.5 Å². The van der Waals surface area contributed by atoms with Crippen molar-refractivity contribution in [1.29, 1.82) is 0 Å². The predicted molar refractivity (Wildman–Crippen MR) is 88.9 cm³/mol. The van der Waals surface area contributed by atoms with Crippen molar-refractivity contribution >= 4 is 28.1 Å². The van der Waals surface area contributed by atoms with E-state index in [2.05, 4.69) is 54.1 Å². The molecule has 0 aliphatic carbocycles. The summed E-state index contributed by atoms with van der Waals surface area (Å²) in [5, 5.41) is 1.26. The zero-order chi connectivity index (χ0) is 14.1. The first-order chi connectivity index (χ1) is 9.70. The molecule has 3 rings (SSSR count). The Hall–Kier alpha value is -2.13. The lowest BCUT2D eigenvalue weighted by atomic mass is 10.00. The maximum Gasteiger partial charge on any atom is 0.104 e.